The van der Waals surface area contributed by atoms with Gasteiger partial charge >= 0.3 is 0 Å². The number of halogens is 1. The molecule has 1 aliphatic rings. The molecule has 0 aromatic heterocycles. The standard InChI is InChI=1S/C22H28ClN3O4/c1-15(30-16-6-4-3-5-7-16)13-26-8-9-29-17(14-26)12-25-22(27)18-10-19(23)20(24)11-21(18)28-2/h3-7,10-11,15,17H,8-9,12-14,24H2,1-2H3,(H,25,27). The van der Waals surface area contributed by atoms with Gasteiger partial charge in [0.2, 0.25) is 0 Å². The molecule has 30 heavy (non-hydrogen) atoms. The number of ether oxygens (including phenoxy) is 3. The molecule has 1 saturated heterocycles. The molecule has 1 heterocycles. The Morgan fingerprint density at radius 2 is 2.13 bits per heavy atom. The fraction of sp³-hybridized carbons (Fsp3) is 0.409. The number of carbonyl (C=O) groups is 1. The maximum Gasteiger partial charge on any atom is 0.255 e. The molecular formula is C22H28ClN3O4. The Balaban J connectivity index is 1.50. The SMILES string of the molecule is COc1cc(N)c(Cl)cc1C(=O)NCC1CN(CC(C)Oc2ccccc2)CCO1. The van der Waals surface area contributed by atoms with Gasteiger partial charge in [0.15, 0.2) is 0 Å². The lowest BCUT2D eigenvalue weighted by Gasteiger charge is -2.34. The van der Waals surface area contributed by atoms with E-state index in [4.69, 9.17) is 31.5 Å². The summed E-state index contributed by atoms with van der Waals surface area (Å²) in [6.07, 6.45) is -0.0659. The highest BCUT2D eigenvalue weighted by molar-refractivity contribution is 6.33. The quantitative estimate of drug-likeness (QED) is 0.622. The van der Waals surface area contributed by atoms with Crippen LogP contribution in [-0.2, 0) is 4.74 Å². The van der Waals surface area contributed by atoms with Crippen molar-refractivity contribution in [2.75, 3.05) is 45.6 Å². The van der Waals surface area contributed by atoms with Gasteiger partial charge in [0.05, 0.1) is 36.1 Å². The van der Waals surface area contributed by atoms with Crippen LogP contribution < -0.4 is 20.5 Å². The minimum Gasteiger partial charge on any atom is -0.496 e. The second-order valence-electron chi connectivity index (χ2n) is 7.28. The molecular weight excluding hydrogens is 406 g/mol. The normalized spacial score (nSPS) is 17.9. The van der Waals surface area contributed by atoms with E-state index in [1.54, 1.807) is 6.07 Å². The van der Waals surface area contributed by atoms with Gasteiger partial charge in [-0.15, -0.1) is 0 Å². The molecule has 0 aliphatic carbocycles. The summed E-state index contributed by atoms with van der Waals surface area (Å²) in [4.78, 5) is 14.9. The van der Waals surface area contributed by atoms with Crippen molar-refractivity contribution in [3.05, 3.63) is 53.1 Å². The van der Waals surface area contributed by atoms with Gasteiger partial charge < -0.3 is 25.3 Å². The highest BCUT2D eigenvalue weighted by atomic mass is 35.5. The van der Waals surface area contributed by atoms with Crippen LogP contribution in [0.1, 0.15) is 17.3 Å². The molecule has 1 amide bonds. The predicted octanol–water partition coefficient (Wildman–Crippen LogP) is 2.83. The molecule has 162 valence electrons. The van der Waals surface area contributed by atoms with Gasteiger partial charge in [-0.1, -0.05) is 29.8 Å². The number of morpholine rings is 1. The van der Waals surface area contributed by atoms with Crippen LogP contribution >= 0.6 is 11.6 Å². The lowest BCUT2D eigenvalue weighted by molar-refractivity contribution is -0.0349. The van der Waals surface area contributed by atoms with Crippen molar-refractivity contribution in [3.63, 3.8) is 0 Å². The summed E-state index contributed by atoms with van der Waals surface area (Å²) in [5.41, 5.74) is 6.49. The number of amides is 1. The first-order valence-corrected chi connectivity index (χ1v) is 10.3. The molecule has 0 spiro atoms. The van der Waals surface area contributed by atoms with E-state index < -0.39 is 0 Å². The van der Waals surface area contributed by atoms with Gasteiger partial charge in [-0.05, 0) is 25.1 Å². The summed E-state index contributed by atoms with van der Waals surface area (Å²) in [6, 6.07) is 12.8. The summed E-state index contributed by atoms with van der Waals surface area (Å²) in [6.45, 7) is 5.36. The Bertz CT molecular complexity index is 850. The molecule has 0 radical (unpaired) electrons. The highest BCUT2D eigenvalue weighted by Gasteiger charge is 2.24. The summed E-state index contributed by atoms with van der Waals surface area (Å²) in [7, 11) is 1.49. The molecule has 8 heteroatoms. The Labute approximate surface area is 182 Å². The summed E-state index contributed by atoms with van der Waals surface area (Å²) < 4.78 is 17.0. The average molecular weight is 434 g/mol. The van der Waals surface area contributed by atoms with Gasteiger partial charge in [0.25, 0.3) is 5.91 Å². The van der Waals surface area contributed by atoms with Crippen molar-refractivity contribution in [1.29, 1.82) is 0 Å². The fourth-order valence-electron chi connectivity index (χ4n) is 3.42. The van der Waals surface area contributed by atoms with Crippen molar-refractivity contribution in [2.24, 2.45) is 0 Å². The van der Waals surface area contributed by atoms with Gasteiger partial charge in [-0.2, -0.15) is 0 Å². The first-order valence-electron chi connectivity index (χ1n) is 9.93. The Morgan fingerprint density at radius 1 is 1.37 bits per heavy atom. The van der Waals surface area contributed by atoms with Gasteiger partial charge in [0, 0.05) is 32.2 Å². The number of anilines is 1. The smallest absolute Gasteiger partial charge is 0.255 e. The topological polar surface area (TPSA) is 86.0 Å². The van der Waals surface area contributed by atoms with Gasteiger partial charge in [0.1, 0.15) is 17.6 Å². The van der Waals surface area contributed by atoms with E-state index in [0.29, 0.717) is 41.7 Å². The number of benzene rings is 2. The minimum absolute atomic E-state index is 0.0434. The highest BCUT2D eigenvalue weighted by Crippen LogP contribution is 2.28. The summed E-state index contributed by atoms with van der Waals surface area (Å²) >= 11 is 6.06. The lowest BCUT2D eigenvalue weighted by atomic mass is 10.1. The number of hydrogen-bond acceptors (Lipinski definition) is 6. The van der Waals surface area contributed by atoms with Crippen molar-refractivity contribution >= 4 is 23.2 Å². The summed E-state index contributed by atoms with van der Waals surface area (Å²) in [5.74, 6) is 0.959. The number of methoxy groups -OCH3 is 1. The van der Waals surface area contributed by atoms with E-state index >= 15 is 0 Å². The molecule has 2 aromatic rings. The van der Waals surface area contributed by atoms with Crippen LogP contribution in [0.2, 0.25) is 5.02 Å². The lowest BCUT2D eigenvalue weighted by Crippen LogP contribution is -2.49. The zero-order valence-corrected chi connectivity index (χ0v) is 18.0. The predicted molar refractivity (Wildman–Crippen MR) is 117 cm³/mol. The third-order valence-corrected chi connectivity index (χ3v) is 5.20. The van der Waals surface area contributed by atoms with Crippen LogP contribution in [0, 0.1) is 0 Å². The van der Waals surface area contributed by atoms with Crippen molar-refractivity contribution < 1.29 is 19.0 Å². The third kappa shape index (κ3) is 6.01. The van der Waals surface area contributed by atoms with Crippen LogP contribution in [0.15, 0.2) is 42.5 Å². The molecule has 0 saturated carbocycles. The molecule has 3 N–H and O–H groups in total. The number of nitrogens with one attached hydrogen (secondary N) is 1. The van der Waals surface area contributed by atoms with E-state index in [1.807, 2.05) is 30.3 Å². The number of nitrogens with two attached hydrogens (primary N) is 1. The van der Waals surface area contributed by atoms with Gasteiger partial charge in [-0.3, -0.25) is 9.69 Å². The number of nitrogens with zero attached hydrogens (tertiary/aromatic N) is 1. The third-order valence-electron chi connectivity index (χ3n) is 4.87. The molecule has 2 aromatic carbocycles. The van der Waals surface area contributed by atoms with E-state index in [-0.39, 0.29) is 18.1 Å². The second-order valence-corrected chi connectivity index (χ2v) is 7.69. The Hall–Kier alpha value is -2.48. The molecule has 2 atom stereocenters. The van der Waals surface area contributed by atoms with Crippen molar-refractivity contribution in [1.82, 2.24) is 10.2 Å². The van der Waals surface area contributed by atoms with Gasteiger partial charge in [-0.25, -0.2) is 0 Å². The second kappa shape index (κ2) is 10.5. The van der Waals surface area contributed by atoms with Crippen LogP contribution in [-0.4, -0.2) is 62.9 Å². The fourth-order valence-corrected chi connectivity index (χ4v) is 3.58. The maximum atomic E-state index is 12.6. The van der Waals surface area contributed by atoms with E-state index in [9.17, 15) is 4.79 Å². The van der Waals surface area contributed by atoms with Crippen LogP contribution in [0.25, 0.3) is 0 Å². The van der Waals surface area contributed by atoms with Crippen molar-refractivity contribution in [3.8, 4) is 11.5 Å². The molecule has 2 unspecified atom stereocenters. The first-order chi connectivity index (χ1) is 14.5. The first kappa shape index (κ1) is 22.2. The number of hydrogen-bond donors (Lipinski definition) is 2. The maximum absolute atomic E-state index is 12.6. The zero-order chi connectivity index (χ0) is 21.5. The average Bonchev–Trinajstić information content (AvgIpc) is 2.74. The Kier molecular flexibility index (Phi) is 7.79. The summed E-state index contributed by atoms with van der Waals surface area (Å²) in [5, 5.41) is 3.22. The van der Waals surface area contributed by atoms with Crippen LogP contribution in [0.3, 0.4) is 0 Å². The number of nitrogen functional groups attached to an aromatic ring is 1. The molecule has 7 nitrogen and oxygen atoms in total. The Morgan fingerprint density at radius 3 is 2.87 bits per heavy atom. The molecule has 1 fully saturated rings. The van der Waals surface area contributed by atoms with E-state index in [1.165, 1.54) is 13.2 Å². The molecule has 0 bridgehead atoms. The van der Waals surface area contributed by atoms with Crippen molar-refractivity contribution in [2.45, 2.75) is 19.1 Å². The monoisotopic (exact) mass is 433 g/mol. The van der Waals surface area contributed by atoms with Crippen LogP contribution in [0.4, 0.5) is 5.69 Å². The molecule has 3 rings (SSSR count). The number of carbonyl (C=O) groups excluding carboxylic acids is 1. The zero-order valence-electron chi connectivity index (χ0n) is 17.3. The number of para-hydroxylation sites is 1. The number of rotatable bonds is 8. The largest absolute Gasteiger partial charge is 0.496 e. The molecule has 1 aliphatic heterocycles. The minimum atomic E-state index is -0.282. The van der Waals surface area contributed by atoms with Crippen LogP contribution in [0.5, 0.6) is 11.5 Å². The van der Waals surface area contributed by atoms with E-state index in [2.05, 4.69) is 17.1 Å². The van der Waals surface area contributed by atoms with E-state index in [0.717, 1.165) is 18.8 Å².